The number of rotatable bonds is 1. The number of pyridine rings is 1. The standard InChI is InChI=1S/C12H7ClF3NO2/c13-9-2-1-6(3-8(9)12(14,15)16)7-4-10(18)11(19)17-5-7/h1-5,18H,(H,17,19). The summed E-state index contributed by atoms with van der Waals surface area (Å²) in [6.45, 7) is 0. The third kappa shape index (κ3) is 2.73. The Bertz CT molecular complexity index is 679. The minimum absolute atomic E-state index is 0.184. The molecule has 1 aromatic carbocycles. The lowest BCUT2D eigenvalue weighted by molar-refractivity contribution is -0.137. The van der Waals surface area contributed by atoms with Gasteiger partial charge in [-0.05, 0) is 23.8 Å². The minimum Gasteiger partial charge on any atom is -0.503 e. The zero-order valence-electron chi connectivity index (χ0n) is 9.25. The zero-order chi connectivity index (χ0) is 14.2. The Morgan fingerprint density at radius 2 is 1.84 bits per heavy atom. The van der Waals surface area contributed by atoms with Crippen molar-refractivity contribution in [2.45, 2.75) is 6.18 Å². The molecular formula is C12H7ClF3NO2. The molecule has 0 radical (unpaired) electrons. The molecule has 100 valence electrons. The van der Waals surface area contributed by atoms with Gasteiger partial charge in [-0.25, -0.2) is 0 Å². The summed E-state index contributed by atoms with van der Waals surface area (Å²) in [7, 11) is 0. The van der Waals surface area contributed by atoms with Crippen LogP contribution in [0.25, 0.3) is 11.1 Å². The average Bonchev–Trinajstić information content (AvgIpc) is 2.32. The van der Waals surface area contributed by atoms with Gasteiger partial charge in [0.15, 0.2) is 5.75 Å². The fourth-order valence-electron chi connectivity index (χ4n) is 1.56. The van der Waals surface area contributed by atoms with Crippen LogP contribution in [0.2, 0.25) is 5.02 Å². The van der Waals surface area contributed by atoms with Crippen molar-refractivity contribution in [2.24, 2.45) is 0 Å². The molecule has 2 N–H and O–H groups in total. The maximum Gasteiger partial charge on any atom is 0.417 e. The molecule has 0 fully saturated rings. The van der Waals surface area contributed by atoms with Gasteiger partial charge in [-0.1, -0.05) is 17.7 Å². The molecule has 0 unspecified atom stereocenters. The fraction of sp³-hybridized carbons (Fsp3) is 0.0833. The topological polar surface area (TPSA) is 53.1 Å². The third-order valence-corrected chi connectivity index (χ3v) is 2.82. The Morgan fingerprint density at radius 3 is 2.42 bits per heavy atom. The first-order valence-corrected chi connectivity index (χ1v) is 5.45. The summed E-state index contributed by atoms with van der Waals surface area (Å²) < 4.78 is 38.1. The molecule has 0 aliphatic carbocycles. The maximum atomic E-state index is 12.7. The van der Waals surface area contributed by atoms with Gasteiger partial charge in [-0.3, -0.25) is 4.79 Å². The van der Waals surface area contributed by atoms with E-state index in [1.165, 1.54) is 12.3 Å². The van der Waals surface area contributed by atoms with Crippen molar-refractivity contribution in [2.75, 3.05) is 0 Å². The molecule has 0 aliphatic heterocycles. The van der Waals surface area contributed by atoms with E-state index < -0.39 is 28.1 Å². The normalized spacial score (nSPS) is 11.6. The van der Waals surface area contributed by atoms with Crippen molar-refractivity contribution in [3.8, 4) is 16.9 Å². The highest BCUT2D eigenvalue weighted by Crippen LogP contribution is 2.37. The summed E-state index contributed by atoms with van der Waals surface area (Å²) in [5, 5.41) is 8.84. The zero-order valence-corrected chi connectivity index (χ0v) is 10.0. The van der Waals surface area contributed by atoms with Crippen LogP contribution in [0.3, 0.4) is 0 Å². The van der Waals surface area contributed by atoms with Crippen LogP contribution in [-0.4, -0.2) is 10.1 Å². The molecule has 0 atom stereocenters. The van der Waals surface area contributed by atoms with Crippen LogP contribution in [0.5, 0.6) is 5.75 Å². The predicted molar refractivity (Wildman–Crippen MR) is 64.2 cm³/mol. The molecule has 1 heterocycles. The van der Waals surface area contributed by atoms with E-state index in [1.54, 1.807) is 0 Å². The van der Waals surface area contributed by atoms with Crippen molar-refractivity contribution in [3.05, 3.63) is 51.4 Å². The molecule has 7 heteroatoms. The SMILES string of the molecule is O=c1[nH]cc(-c2ccc(Cl)c(C(F)(F)F)c2)cc1O. The van der Waals surface area contributed by atoms with E-state index in [-0.39, 0.29) is 11.1 Å². The van der Waals surface area contributed by atoms with Crippen molar-refractivity contribution >= 4 is 11.6 Å². The Kier molecular flexibility index (Phi) is 3.28. The highest BCUT2D eigenvalue weighted by molar-refractivity contribution is 6.31. The summed E-state index contributed by atoms with van der Waals surface area (Å²) in [5.74, 6) is -0.569. The Morgan fingerprint density at radius 1 is 1.16 bits per heavy atom. The van der Waals surface area contributed by atoms with Gasteiger partial charge in [0.1, 0.15) is 0 Å². The molecule has 2 aromatic rings. The van der Waals surface area contributed by atoms with Crippen LogP contribution in [0, 0.1) is 0 Å². The number of halogens is 4. The molecule has 0 bridgehead atoms. The first kappa shape index (κ1) is 13.5. The Hall–Kier alpha value is -1.95. The number of aromatic amines is 1. The molecule has 0 saturated carbocycles. The van der Waals surface area contributed by atoms with Crippen molar-refractivity contribution in [1.82, 2.24) is 4.98 Å². The van der Waals surface area contributed by atoms with E-state index in [0.29, 0.717) is 0 Å². The monoisotopic (exact) mass is 289 g/mol. The van der Waals surface area contributed by atoms with E-state index in [0.717, 1.165) is 18.2 Å². The van der Waals surface area contributed by atoms with Crippen LogP contribution in [0.15, 0.2) is 35.3 Å². The van der Waals surface area contributed by atoms with Crippen LogP contribution in [0.4, 0.5) is 13.2 Å². The molecule has 1 aromatic heterocycles. The summed E-state index contributed by atoms with van der Waals surface area (Å²) >= 11 is 5.50. The van der Waals surface area contributed by atoms with Crippen LogP contribution < -0.4 is 5.56 Å². The first-order chi connectivity index (χ1) is 8.79. The highest BCUT2D eigenvalue weighted by atomic mass is 35.5. The molecule has 19 heavy (non-hydrogen) atoms. The largest absolute Gasteiger partial charge is 0.503 e. The van der Waals surface area contributed by atoms with Gasteiger partial charge in [-0.15, -0.1) is 0 Å². The van der Waals surface area contributed by atoms with E-state index in [2.05, 4.69) is 4.98 Å². The number of nitrogens with one attached hydrogen (secondary N) is 1. The second-order valence-electron chi connectivity index (χ2n) is 3.80. The molecule has 0 spiro atoms. The van der Waals surface area contributed by atoms with Crippen molar-refractivity contribution < 1.29 is 18.3 Å². The van der Waals surface area contributed by atoms with Gasteiger partial charge in [0.05, 0.1) is 10.6 Å². The van der Waals surface area contributed by atoms with Gasteiger partial charge < -0.3 is 10.1 Å². The summed E-state index contributed by atoms with van der Waals surface area (Å²) in [6.07, 6.45) is -3.36. The molecule has 2 rings (SSSR count). The van der Waals surface area contributed by atoms with Gasteiger partial charge in [0.25, 0.3) is 5.56 Å². The van der Waals surface area contributed by atoms with Gasteiger partial charge >= 0.3 is 6.18 Å². The number of aromatic nitrogens is 1. The fourth-order valence-corrected chi connectivity index (χ4v) is 1.79. The molecule has 3 nitrogen and oxygen atoms in total. The molecule has 0 saturated heterocycles. The second-order valence-corrected chi connectivity index (χ2v) is 4.20. The van der Waals surface area contributed by atoms with Crippen LogP contribution >= 0.6 is 11.6 Å². The number of aromatic hydroxyl groups is 1. The van der Waals surface area contributed by atoms with Crippen molar-refractivity contribution in [1.29, 1.82) is 0 Å². The first-order valence-electron chi connectivity index (χ1n) is 5.08. The van der Waals surface area contributed by atoms with Crippen molar-refractivity contribution in [3.63, 3.8) is 0 Å². The quantitative estimate of drug-likeness (QED) is 0.845. The Labute approximate surface area is 110 Å². The third-order valence-electron chi connectivity index (χ3n) is 2.49. The molecule has 0 amide bonds. The number of hydrogen-bond donors (Lipinski definition) is 2. The smallest absolute Gasteiger partial charge is 0.417 e. The summed E-state index contributed by atoms with van der Waals surface area (Å²) in [4.78, 5) is 13.2. The van der Waals surface area contributed by atoms with Crippen LogP contribution in [-0.2, 0) is 6.18 Å². The Balaban J connectivity index is 2.57. The van der Waals surface area contributed by atoms with Gasteiger partial charge in [0.2, 0.25) is 0 Å². The summed E-state index contributed by atoms with van der Waals surface area (Å²) in [6, 6.07) is 4.42. The van der Waals surface area contributed by atoms with E-state index in [9.17, 15) is 23.1 Å². The lowest BCUT2D eigenvalue weighted by atomic mass is 10.0. The number of benzene rings is 1. The number of alkyl halides is 3. The van der Waals surface area contributed by atoms with Gasteiger partial charge in [-0.2, -0.15) is 13.2 Å². The lowest BCUT2D eigenvalue weighted by Crippen LogP contribution is -2.06. The maximum absolute atomic E-state index is 12.7. The number of H-pyrrole nitrogens is 1. The average molecular weight is 290 g/mol. The van der Waals surface area contributed by atoms with Gasteiger partial charge in [0, 0.05) is 11.8 Å². The molecular weight excluding hydrogens is 283 g/mol. The van der Waals surface area contributed by atoms with E-state index >= 15 is 0 Å². The number of hydrogen-bond acceptors (Lipinski definition) is 2. The highest BCUT2D eigenvalue weighted by Gasteiger charge is 2.33. The predicted octanol–water partition coefficient (Wildman–Crippen LogP) is 3.42. The lowest BCUT2D eigenvalue weighted by Gasteiger charge is -2.11. The summed E-state index contributed by atoms with van der Waals surface area (Å²) in [5.41, 5.74) is -1.26. The van der Waals surface area contributed by atoms with E-state index in [4.69, 9.17) is 11.6 Å². The second kappa shape index (κ2) is 4.62. The van der Waals surface area contributed by atoms with E-state index in [1.807, 2.05) is 0 Å². The van der Waals surface area contributed by atoms with Crippen LogP contribution in [0.1, 0.15) is 5.56 Å². The minimum atomic E-state index is -4.57. The molecule has 0 aliphatic rings.